The lowest BCUT2D eigenvalue weighted by Gasteiger charge is -2.46. The SMILES string of the molecule is C[C@@H]1CN(c2ccc(C#N)c3ncccc23)C[C@@H]2CCN(Cc3ncc(Br)cc3F)CCN21. The summed E-state index contributed by atoms with van der Waals surface area (Å²) in [7, 11) is 0. The second kappa shape index (κ2) is 9.34. The number of benzene rings is 1. The number of nitriles is 1. The van der Waals surface area contributed by atoms with Gasteiger partial charge in [-0.1, -0.05) is 0 Å². The molecule has 0 bridgehead atoms. The number of aromatic nitrogens is 2. The van der Waals surface area contributed by atoms with Crippen LogP contribution in [0, 0.1) is 17.1 Å². The molecule has 2 atom stereocenters. The second-order valence-corrected chi connectivity index (χ2v) is 9.85. The Morgan fingerprint density at radius 1 is 1.18 bits per heavy atom. The van der Waals surface area contributed by atoms with Gasteiger partial charge in [0.15, 0.2) is 0 Å². The molecule has 5 rings (SSSR count). The van der Waals surface area contributed by atoms with Crippen molar-refractivity contribution in [3.63, 3.8) is 0 Å². The molecule has 170 valence electrons. The minimum absolute atomic E-state index is 0.257. The largest absolute Gasteiger partial charge is 0.368 e. The molecule has 2 fully saturated rings. The van der Waals surface area contributed by atoms with Crippen LogP contribution >= 0.6 is 15.9 Å². The second-order valence-electron chi connectivity index (χ2n) is 8.94. The Balaban J connectivity index is 1.34. The number of hydrogen-bond donors (Lipinski definition) is 0. The fraction of sp³-hybridized carbons (Fsp3) is 0.400. The van der Waals surface area contributed by atoms with E-state index in [1.807, 2.05) is 12.1 Å². The zero-order valence-corrected chi connectivity index (χ0v) is 20.2. The monoisotopic (exact) mass is 508 g/mol. The fourth-order valence-electron chi connectivity index (χ4n) is 5.23. The number of fused-ring (bicyclic) bond motifs is 2. The van der Waals surface area contributed by atoms with E-state index in [1.165, 1.54) is 6.07 Å². The van der Waals surface area contributed by atoms with Gasteiger partial charge in [0.25, 0.3) is 0 Å². The Kier molecular flexibility index (Phi) is 6.28. The number of rotatable bonds is 3. The van der Waals surface area contributed by atoms with Gasteiger partial charge in [-0.3, -0.25) is 19.8 Å². The Morgan fingerprint density at radius 3 is 2.88 bits per heavy atom. The molecular weight excluding hydrogens is 483 g/mol. The molecule has 2 aromatic heterocycles. The third-order valence-corrected chi connectivity index (χ3v) is 7.30. The number of nitrogens with zero attached hydrogens (tertiary/aromatic N) is 6. The zero-order chi connectivity index (χ0) is 22.9. The Bertz CT molecular complexity index is 1210. The minimum Gasteiger partial charge on any atom is -0.368 e. The van der Waals surface area contributed by atoms with Crippen molar-refractivity contribution in [1.29, 1.82) is 5.26 Å². The first-order valence-electron chi connectivity index (χ1n) is 11.3. The van der Waals surface area contributed by atoms with Crippen LogP contribution in [0.5, 0.6) is 0 Å². The fourth-order valence-corrected chi connectivity index (χ4v) is 5.53. The van der Waals surface area contributed by atoms with E-state index in [4.69, 9.17) is 0 Å². The molecule has 2 saturated heterocycles. The number of piperazine rings is 1. The maximum absolute atomic E-state index is 14.3. The summed E-state index contributed by atoms with van der Waals surface area (Å²) in [6.45, 7) is 7.45. The van der Waals surface area contributed by atoms with Gasteiger partial charge in [-0.2, -0.15) is 5.26 Å². The zero-order valence-electron chi connectivity index (χ0n) is 18.6. The van der Waals surface area contributed by atoms with E-state index in [2.05, 4.69) is 65.7 Å². The summed E-state index contributed by atoms with van der Waals surface area (Å²) in [5.41, 5.74) is 3.03. The molecular formula is C25H26BrFN6. The maximum atomic E-state index is 14.3. The highest BCUT2D eigenvalue weighted by Crippen LogP contribution is 2.32. The summed E-state index contributed by atoms with van der Waals surface area (Å²) >= 11 is 3.28. The predicted molar refractivity (Wildman–Crippen MR) is 130 cm³/mol. The molecule has 2 aliphatic heterocycles. The summed E-state index contributed by atoms with van der Waals surface area (Å²) < 4.78 is 15.0. The molecule has 33 heavy (non-hydrogen) atoms. The van der Waals surface area contributed by atoms with Crippen molar-refractivity contribution in [3.05, 3.63) is 64.3 Å². The average molecular weight is 509 g/mol. The van der Waals surface area contributed by atoms with Crippen LogP contribution < -0.4 is 4.90 Å². The molecule has 4 heterocycles. The Hall–Kier alpha value is -2.60. The first kappa shape index (κ1) is 22.2. The molecule has 0 spiro atoms. The molecule has 0 aliphatic carbocycles. The normalized spacial score (nSPS) is 22.1. The van der Waals surface area contributed by atoms with Crippen molar-refractivity contribution in [3.8, 4) is 6.07 Å². The van der Waals surface area contributed by atoms with E-state index in [0.717, 1.165) is 55.7 Å². The van der Waals surface area contributed by atoms with Crippen LogP contribution in [0.25, 0.3) is 10.9 Å². The van der Waals surface area contributed by atoms with Crippen LogP contribution in [-0.2, 0) is 6.54 Å². The molecule has 1 aromatic carbocycles. The first-order valence-corrected chi connectivity index (χ1v) is 12.1. The van der Waals surface area contributed by atoms with Crippen LogP contribution in [0.1, 0.15) is 24.6 Å². The highest BCUT2D eigenvalue weighted by molar-refractivity contribution is 9.10. The van der Waals surface area contributed by atoms with Crippen LogP contribution in [0.15, 0.2) is 47.2 Å². The van der Waals surface area contributed by atoms with Crippen molar-refractivity contribution >= 4 is 32.5 Å². The first-order chi connectivity index (χ1) is 16.0. The molecule has 3 aromatic rings. The maximum Gasteiger partial charge on any atom is 0.147 e. The van der Waals surface area contributed by atoms with Crippen molar-refractivity contribution in [1.82, 2.24) is 19.8 Å². The smallest absolute Gasteiger partial charge is 0.147 e. The Labute approximate surface area is 201 Å². The van der Waals surface area contributed by atoms with Gasteiger partial charge in [0.05, 0.1) is 16.8 Å². The summed E-state index contributed by atoms with van der Waals surface area (Å²) in [6, 6.07) is 12.5. The molecule has 0 unspecified atom stereocenters. The predicted octanol–water partition coefficient (Wildman–Crippen LogP) is 4.19. The van der Waals surface area contributed by atoms with E-state index < -0.39 is 0 Å². The van der Waals surface area contributed by atoms with Crippen LogP contribution in [0.2, 0.25) is 0 Å². The van der Waals surface area contributed by atoms with Gasteiger partial charge in [0.2, 0.25) is 0 Å². The summed E-state index contributed by atoms with van der Waals surface area (Å²) in [4.78, 5) is 16.1. The van der Waals surface area contributed by atoms with Gasteiger partial charge in [-0.15, -0.1) is 0 Å². The van der Waals surface area contributed by atoms with Crippen LogP contribution in [0.4, 0.5) is 10.1 Å². The molecule has 8 heteroatoms. The standard InChI is InChI=1S/C25H26BrFN6/c1-17-14-32(24-5-4-18(12-28)25-21(24)3-2-7-29-25)15-20-6-8-31(9-10-33(17)20)16-23-22(27)11-19(26)13-30-23/h2-5,7,11,13,17,20H,6,8-10,14-16H2,1H3/t17-,20+/m1/s1. The molecule has 0 radical (unpaired) electrons. The quantitative estimate of drug-likeness (QED) is 0.528. The number of pyridine rings is 2. The summed E-state index contributed by atoms with van der Waals surface area (Å²) in [5.74, 6) is -0.257. The van der Waals surface area contributed by atoms with Gasteiger partial charge >= 0.3 is 0 Å². The summed E-state index contributed by atoms with van der Waals surface area (Å²) in [5, 5.41) is 10.5. The highest BCUT2D eigenvalue weighted by Gasteiger charge is 2.35. The number of halogens is 2. The van der Waals surface area contributed by atoms with Crippen LogP contribution in [0.3, 0.4) is 0 Å². The molecule has 0 saturated carbocycles. The van der Waals surface area contributed by atoms with Crippen molar-refractivity contribution < 1.29 is 4.39 Å². The van der Waals surface area contributed by atoms with Gasteiger partial charge < -0.3 is 4.90 Å². The van der Waals surface area contributed by atoms with E-state index in [-0.39, 0.29) is 5.82 Å². The van der Waals surface area contributed by atoms with Gasteiger partial charge in [-0.05, 0) is 59.6 Å². The van der Waals surface area contributed by atoms with Gasteiger partial charge in [-0.25, -0.2) is 4.39 Å². The van der Waals surface area contributed by atoms with Crippen molar-refractivity contribution in [2.24, 2.45) is 0 Å². The topological polar surface area (TPSA) is 59.3 Å². The van der Waals surface area contributed by atoms with Crippen molar-refractivity contribution in [2.75, 3.05) is 37.6 Å². The van der Waals surface area contributed by atoms with E-state index in [0.29, 0.717) is 34.4 Å². The summed E-state index contributed by atoms with van der Waals surface area (Å²) in [6.07, 6.45) is 4.43. The molecule has 2 aliphatic rings. The van der Waals surface area contributed by atoms with E-state index >= 15 is 0 Å². The van der Waals surface area contributed by atoms with Crippen molar-refractivity contribution in [2.45, 2.75) is 32.0 Å². The molecule has 6 nitrogen and oxygen atoms in total. The van der Waals surface area contributed by atoms with E-state index in [9.17, 15) is 9.65 Å². The lowest BCUT2D eigenvalue weighted by atomic mass is 10.0. The highest BCUT2D eigenvalue weighted by atomic mass is 79.9. The van der Waals surface area contributed by atoms with E-state index in [1.54, 1.807) is 12.4 Å². The lowest BCUT2D eigenvalue weighted by Crippen LogP contribution is -2.58. The molecule has 0 N–H and O–H groups in total. The average Bonchev–Trinajstić information content (AvgIpc) is 3.03. The third kappa shape index (κ3) is 4.45. The van der Waals surface area contributed by atoms with Gasteiger partial charge in [0, 0.05) is 79.3 Å². The van der Waals surface area contributed by atoms with Crippen LogP contribution in [-0.4, -0.2) is 64.6 Å². The molecule has 0 amide bonds. The number of hydrogen-bond acceptors (Lipinski definition) is 6. The van der Waals surface area contributed by atoms with Gasteiger partial charge in [0.1, 0.15) is 11.9 Å². The Morgan fingerprint density at radius 2 is 2.06 bits per heavy atom. The minimum atomic E-state index is -0.257. The third-order valence-electron chi connectivity index (χ3n) is 6.87. The number of anilines is 1. The lowest BCUT2D eigenvalue weighted by molar-refractivity contribution is 0.127.